The molecule has 0 saturated carbocycles. The maximum atomic E-state index is 6.23. The lowest BCUT2D eigenvalue weighted by molar-refractivity contribution is 0.140. The Hall–Kier alpha value is -2.36. The predicted molar refractivity (Wildman–Crippen MR) is 134 cm³/mol. The van der Waals surface area contributed by atoms with Crippen LogP contribution in [0.2, 0.25) is 0 Å². The predicted octanol–water partition coefficient (Wildman–Crippen LogP) is 6.74. The Morgan fingerprint density at radius 2 is 1.09 bits per heavy atom. The third-order valence-corrected chi connectivity index (χ3v) is 8.26. The molecule has 0 fully saturated rings. The van der Waals surface area contributed by atoms with Gasteiger partial charge in [-0.25, -0.2) is 0 Å². The molecule has 0 amide bonds. The quantitative estimate of drug-likeness (QED) is 0.304. The van der Waals surface area contributed by atoms with Gasteiger partial charge in [-0.1, -0.05) is 39.8 Å². The topological polar surface area (TPSA) is 62.7 Å². The van der Waals surface area contributed by atoms with Crippen molar-refractivity contribution < 1.29 is 18.9 Å². The van der Waals surface area contributed by atoms with E-state index in [0.29, 0.717) is 26.4 Å². The van der Waals surface area contributed by atoms with Crippen molar-refractivity contribution in [3.05, 3.63) is 22.9 Å². The average molecular weight is 501 g/mol. The standard InChI is InChI=1S/C24H24N2O4S3/c1-23(2)9-27-15-7-31-21(19(15)29-11-23)13-5-6-14(18-17(13)25-33-26-18)22-20-16(8-32-22)28-10-24(3,4)12-30-20/h5-8H,9-12H2,1-4H3. The van der Waals surface area contributed by atoms with Crippen LogP contribution in [-0.2, 0) is 0 Å². The zero-order valence-electron chi connectivity index (χ0n) is 18.9. The van der Waals surface area contributed by atoms with Crippen molar-refractivity contribution in [2.45, 2.75) is 27.7 Å². The number of fused-ring (bicyclic) bond motifs is 3. The first-order chi connectivity index (χ1) is 15.8. The number of nitrogens with zero attached hydrogens (tertiary/aromatic N) is 2. The van der Waals surface area contributed by atoms with Crippen molar-refractivity contribution in [3.8, 4) is 43.9 Å². The molecule has 0 bridgehead atoms. The lowest BCUT2D eigenvalue weighted by atomic mass is 9.96. The molecule has 5 heterocycles. The first-order valence-electron chi connectivity index (χ1n) is 10.8. The highest BCUT2D eigenvalue weighted by atomic mass is 32.1. The molecule has 0 spiro atoms. The number of benzene rings is 1. The molecule has 0 unspecified atom stereocenters. The van der Waals surface area contributed by atoms with Crippen LogP contribution in [0.25, 0.3) is 31.9 Å². The zero-order valence-corrected chi connectivity index (χ0v) is 21.3. The Kier molecular flexibility index (Phi) is 4.87. The highest BCUT2D eigenvalue weighted by Gasteiger charge is 2.31. The summed E-state index contributed by atoms with van der Waals surface area (Å²) < 4.78 is 33.9. The van der Waals surface area contributed by atoms with Gasteiger partial charge in [0.15, 0.2) is 23.0 Å². The van der Waals surface area contributed by atoms with Crippen LogP contribution in [0, 0.1) is 10.8 Å². The van der Waals surface area contributed by atoms with E-state index >= 15 is 0 Å². The van der Waals surface area contributed by atoms with Crippen molar-refractivity contribution in [3.63, 3.8) is 0 Å². The van der Waals surface area contributed by atoms with E-state index < -0.39 is 0 Å². The van der Waals surface area contributed by atoms with Crippen LogP contribution in [0.3, 0.4) is 0 Å². The van der Waals surface area contributed by atoms with E-state index in [2.05, 4.69) is 48.6 Å². The van der Waals surface area contributed by atoms with Gasteiger partial charge in [0.2, 0.25) is 0 Å². The van der Waals surface area contributed by atoms with Crippen molar-refractivity contribution in [2.75, 3.05) is 26.4 Å². The number of aromatic nitrogens is 2. The van der Waals surface area contributed by atoms with Crippen LogP contribution in [0.15, 0.2) is 22.9 Å². The third kappa shape index (κ3) is 3.66. The summed E-state index contributed by atoms with van der Waals surface area (Å²) in [4.78, 5) is 2.05. The molecule has 0 saturated heterocycles. The molecule has 0 radical (unpaired) electrons. The number of ether oxygens (including phenoxy) is 4. The molecule has 6 rings (SSSR count). The highest BCUT2D eigenvalue weighted by molar-refractivity contribution is 7.15. The van der Waals surface area contributed by atoms with Crippen LogP contribution in [0.1, 0.15) is 27.7 Å². The fourth-order valence-electron chi connectivity index (χ4n) is 3.90. The van der Waals surface area contributed by atoms with Crippen LogP contribution >= 0.6 is 34.4 Å². The largest absolute Gasteiger partial charge is 0.488 e. The minimum atomic E-state index is -0.0388. The first kappa shape index (κ1) is 21.2. The molecule has 0 atom stereocenters. The monoisotopic (exact) mass is 500 g/mol. The molecule has 6 nitrogen and oxygen atoms in total. The van der Waals surface area contributed by atoms with E-state index in [1.165, 1.54) is 11.7 Å². The number of hydrogen-bond acceptors (Lipinski definition) is 9. The van der Waals surface area contributed by atoms with Gasteiger partial charge in [0.05, 0.1) is 47.9 Å². The minimum Gasteiger partial charge on any atom is -0.488 e. The van der Waals surface area contributed by atoms with Gasteiger partial charge >= 0.3 is 0 Å². The number of hydrogen-bond donors (Lipinski definition) is 0. The van der Waals surface area contributed by atoms with E-state index in [-0.39, 0.29) is 10.8 Å². The molecule has 172 valence electrons. The SMILES string of the molecule is CC1(C)COc2csc(-c3ccc(-c4scc5c4OCC(C)(C)CO5)c4nsnc34)c2OC1. The summed E-state index contributed by atoms with van der Waals surface area (Å²) >= 11 is 4.46. The molecule has 1 aromatic carbocycles. The van der Waals surface area contributed by atoms with Gasteiger partial charge in [0, 0.05) is 32.7 Å². The second-order valence-corrected chi connectivity index (χ2v) is 12.4. The molecule has 0 aliphatic carbocycles. The molecule has 9 heteroatoms. The van der Waals surface area contributed by atoms with Crippen molar-refractivity contribution in [2.24, 2.45) is 10.8 Å². The third-order valence-electron chi connectivity index (χ3n) is 5.78. The lowest BCUT2D eigenvalue weighted by Gasteiger charge is -2.20. The van der Waals surface area contributed by atoms with E-state index in [0.717, 1.165) is 54.9 Å². The molecule has 0 N–H and O–H groups in total. The smallest absolute Gasteiger partial charge is 0.179 e. The Labute approximate surface area is 204 Å². The maximum Gasteiger partial charge on any atom is 0.179 e. The van der Waals surface area contributed by atoms with E-state index in [1.807, 2.05) is 10.8 Å². The Morgan fingerprint density at radius 1 is 0.667 bits per heavy atom. The van der Waals surface area contributed by atoms with Crippen molar-refractivity contribution in [1.82, 2.24) is 8.75 Å². The van der Waals surface area contributed by atoms with Gasteiger partial charge in [-0.2, -0.15) is 8.75 Å². The molecule has 4 aromatic rings. The summed E-state index contributed by atoms with van der Waals surface area (Å²) in [5.74, 6) is 3.21. The van der Waals surface area contributed by atoms with Gasteiger partial charge in [0.1, 0.15) is 11.0 Å². The number of rotatable bonds is 2. The fourth-order valence-corrected chi connectivity index (χ4v) is 6.39. The van der Waals surface area contributed by atoms with Gasteiger partial charge in [-0.15, -0.1) is 22.7 Å². The van der Waals surface area contributed by atoms with Crippen molar-refractivity contribution >= 4 is 45.4 Å². The van der Waals surface area contributed by atoms with Gasteiger partial charge in [-0.05, 0) is 0 Å². The molecule has 2 aliphatic rings. The van der Waals surface area contributed by atoms with Crippen LogP contribution in [0.5, 0.6) is 23.0 Å². The average Bonchev–Trinajstić information content (AvgIpc) is 3.47. The van der Waals surface area contributed by atoms with Crippen LogP contribution in [0.4, 0.5) is 0 Å². The summed E-state index contributed by atoms with van der Waals surface area (Å²) in [6, 6.07) is 4.22. The van der Waals surface area contributed by atoms with Gasteiger partial charge < -0.3 is 18.9 Å². The highest BCUT2D eigenvalue weighted by Crippen LogP contribution is 2.51. The first-order valence-corrected chi connectivity index (χ1v) is 13.3. The normalized spacial score (nSPS) is 18.7. The Bertz CT molecular complexity index is 1250. The number of thiophene rings is 2. The second kappa shape index (κ2) is 7.58. The summed E-state index contributed by atoms with van der Waals surface area (Å²) in [6.07, 6.45) is 0. The molecule has 3 aromatic heterocycles. The molecular formula is C24H24N2O4S3. The van der Waals surface area contributed by atoms with E-state index in [1.54, 1.807) is 22.7 Å². The summed E-state index contributed by atoms with van der Waals surface area (Å²) in [7, 11) is 0. The summed E-state index contributed by atoms with van der Waals surface area (Å²) in [5.41, 5.74) is 3.68. The van der Waals surface area contributed by atoms with E-state index in [9.17, 15) is 0 Å². The van der Waals surface area contributed by atoms with Crippen molar-refractivity contribution in [1.29, 1.82) is 0 Å². The Morgan fingerprint density at radius 3 is 1.55 bits per heavy atom. The van der Waals surface area contributed by atoms with Gasteiger partial charge in [-0.3, -0.25) is 0 Å². The Balaban J connectivity index is 1.43. The lowest BCUT2D eigenvalue weighted by Crippen LogP contribution is -2.26. The van der Waals surface area contributed by atoms with Crippen LogP contribution in [-0.4, -0.2) is 35.2 Å². The minimum absolute atomic E-state index is 0.0388. The van der Waals surface area contributed by atoms with Crippen LogP contribution < -0.4 is 18.9 Å². The van der Waals surface area contributed by atoms with E-state index in [4.69, 9.17) is 18.9 Å². The zero-order chi connectivity index (χ0) is 22.8. The molecule has 33 heavy (non-hydrogen) atoms. The second-order valence-electron chi connectivity index (χ2n) is 10.1. The molecular weight excluding hydrogens is 476 g/mol. The molecule has 2 aliphatic heterocycles. The maximum absolute atomic E-state index is 6.23. The summed E-state index contributed by atoms with van der Waals surface area (Å²) in [6.45, 7) is 11.1. The summed E-state index contributed by atoms with van der Waals surface area (Å²) in [5, 5.41) is 4.05. The van der Waals surface area contributed by atoms with Gasteiger partial charge in [0.25, 0.3) is 0 Å². The fraction of sp³-hybridized carbons (Fsp3) is 0.417.